The maximum atomic E-state index is 8.49. The SMILES string of the molecule is CC(C)NCCOCCOCCCOCCOCCO. The van der Waals surface area contributed by atoms with Crippen LogP contribution in [-0.2, 0) is 18.9 Å². The maximum Gasteiger partial charge on any atom is 0.0701 e. The first kappa shape index (κ1) is 19.8. The Bertz CT molecular complexity index is 181. The molecule has 0 aromatic rings. The molecule has 0 aromatic carbocycles. The van der Waals surface area contributed by atoms with Crippen LogP contribution in [0, 0.1) is 0 Å². The highest BCUT2D eigenvalue weighted by atomic mass is 16.5. The summed E-state index contributed by atoms with van der Waals surface area (Å²) in [6.45, 7) is 9.97. The first-order valence-electron chi connectivity index (χ1n) is 7.42. The Balaban J connectivity index is 2.92. The molecule has 20 heavy (non-hydrogen) atoms. The minimum atomic E-state index is 0.0590. The highest BCUT2D eigenvalue weighted by molar-refractivity contribution is 4.50. The molecule has 6 heteroatoms. The molecule has 0 spiro atoms. The van der Waals surface area contributed by atoms with Crippen LogP contribution in [0.5, 0.6) is 0 Å². The largest absolute Gasteiger partial charge is 0.394 e. The zero-order valence-electron chi connectivity index (χ0n) is 12.9. The molecule has 0 bridgehead atoms. The molecule has 122 valence electrons. The lowest BCUT2D eigenvalue weighted by molar-refractivity contribution is 0.0163. The molecule has 2 N–H and O–H groups in total. The number of aliphatic hydroxyl groups excluding tert-OH is 1. The van der Waals surface area contributed by atoms with Crippen LogP contribution >= 0.6 is 0 Å². The molecule has 0 aromatic heterocycles. The van der Waals surface area contributed by atoms with E-state index in [9.17, 15) is 0 Å². The van der Waals surface area contributed by atoms with Crippen molar-refractivity contribution < 1.29 is 24.1 Å². The minimum absolute atomic E-state index is 0.0590. The number of ether oxygens (including phenoxy) is 4. The lowest BCUT2D eigenvalue weighted by Crippen LogP contribution is -2.27. The zero-order chi connectivity index (χ0) is 14.9. The third kappa shape index (κ3) is 17.8. The quantitative estimate of drug-likeness (QED) is 0.402. The van der Waals surface area contributed by atoms with Crippen LogP contribution in [0.2, 0.25) is 0 Å². The van der Waals surface area contributed by atoms with Gasteiger partial charge in [0.1, 0.15) is 0 Å². The monoisotopic (exact) mass is 293 g/mol. The Morgan fingerprint density at radius 2 is 1.25 bits per heavy atom. The molecule has 0 aliphatic heterocycles. The molecular weight excluding hydrogens is 262 g/mol. The predicted molar refractivity (Wildman–Crippen MR) is 78.1 cm³/mol. The van der Waals surface area contributed by atoms with E-state index in [4.69, 9.17) is 24.1 Å². The summed E-state index contributed by atoms with van der Waals surface area (Å²) in [6.07, 6.45) is 0.870. The van der Waals surface area contributed by atoms with Crippen LogP contribution in [0.4, 0.5) is 0 Å². The molecule has 0 saturated heterocycles. The van der Waals surface area contributed by atoms with Crippen molar-refractivity contribution >= 4 is 0 Å². The third-order valence-corrected chi connectivity index (χ3v) is 2.36. The van der Waals surface area contributed by atoms with Gasteiger partial charge in [-0.2, -0.15) is 0 Å². The highest BCUT2D eigenvalue weighted by Crippen LogP contribution is 1.87. The van der Waals surface area contributed by atoms with E-state index >= 15 is 0 Å². The summed E-state index contributed by atoms with van der Waals surface area (Å²) in [6, 6.07) is 0.504. The molecule has 0 atom stereocenters. The van der Waals surface area contributed by atoms with E-state index in [-0.39, 0.29) is 6.61 Å². The summed E-state index contributed by atoms with van der Waals surface area (Å²) in [5.41, 5.74) is 0. The number of hydrogen-bond acceptors (Lipinski definition) is 6. The summed E-state index contributed by atoms with van der Waals surface area (Å²) >= 11 is 0. The lowest BCUT2D eigenvalue weighted by Gasteiger charge is -2.09. The van der Waals surface area contributed by atoms with Crippen molar-refractivity contribution in [1.29, 1.82) is 0 Å². The average molecular weight is 293 g/mol. The Hall–Kier alpha value is -0.240. The van der Waals surface area contributed by atoms with Crippen molar-refractivity contribution in [3.05, 3.63) is 0 Å². The number of rotatable bonds is 16. The second-order valence-electron chi connectivity index (χ2n) is 4.64. The van der Waals surface area contributed by atoms with E-state index in [1.807, 2.05) is 0 Å². The fourth-order valence-corrected chi connectivity index (χ4v) is 1.39. The van der Waals surface area contributed by atoms with Crippen molar-refractivity contribution in [3.8, 4) is 0 Å². The summed E-state index contributed by atoms with van der Waals surface area (Å²) < 4.78 is 21.2. The Labute approximate surface area is 122 Å². The molecule has 0 radical (unpaired) electrons. The van der Waals surface area contributed by atoms with E-state index in [0.717, 1.165) is 19.6 Å². The molecule has 0 fully saturated rings. The summed E-state index contributed by atoms with van der Waals surface area (Å²) in [5.74, 6) is 0. The van der Waals surface area contributed by atoms with Crippen molar-refractivity contribution in [2.24, 2.45) is 0 Å². The van der Waals surface area contributed by atoms with Crippen LogP contribution in [-0.4, -0.2) is 77.2 Å². The van der Waals surface area contributed by atoms with Gasteiger partial charge in [-0.25, -0.2) is 0 Å². The second kappa shape index (κ2) is 16.8. The van der Waals surface area contributed by atoms with Crippen LogP contribution in [0.3, 0.4) is 0 Å². The maximum absolute atomic E-state index is 8.49. The second-order valence-corrected chi connectivity index (χ2v) is 4.64. The molecular formula is C14H31NO5. The van der Waals surface area contributed by atoms with E-state index in [2.05, 4.69) is 19.2 Å². The van der Waals surface area contributed by atoms with Crippen molar-refractivity contribution in [2.45, 2.75) is 26.3 Å². The summed E-state index contributed by atoms with van der Waals surface area (Å²) in [5, 5.41) is 11.8. The Morgan fingerprint density at radius 1 is 0.750 bits per heavy atom. The fraction of sp³-hybridized carbons (Fsp3) is 1.00. The predicted octanol–water partition coefficient (Wildman–Crippen LogP) is 0.433. The zero-order valence-corrected chi connectivity index (χ0v) is 12.9. The van der Waals surface area contributed by atoms with Gasteiger partial charge in [-0.05, 0) is 6.42 Å². The molecule has 0 amide bonds. The first-order chi connectivity index (χ1) is 9.77. The molecule has 0 saturated carbocycles. The van der Waals surface area contributed by atoms with Crippen LogP contribution in [0.1, 0.15) is 20.3 Å². The lowest BCUT2D eigenvalue weighted by atomic mass is 10.4. The molecule has 6 nitrogen and oxygen atoms in total. The topological polar surface area (TPSA) is 69.2 Å². The third-order valence-electron chi connectivity index (χ3n) is 2.36. The van der Waals surface area contributed by atoms with Gasteiger partial charge in [-0.15, -0.1) is 0 Å². The van der Waals surface area contributed by atoms with Gasteiger partial charge in [0.05, 0.1) is 46.2 Å². The fourth-order valence-electron chi connectivity index (χ4n) is 1.39. The molecule has 0 unspecified atom stereocenters. The molecule has 0 heterocycles. The van der Waals surface area contributed by atoms with E-state index < -0.39 is 0 Å². The van der Waals surface area contributed by atoms with Crippen LogP contribution < -0.4 is 5.32 Å². The summed E-state index contributed by atoms with van der Waals surface area (Å²) in [7, 11) is 0. The van der Waals surface area contributed by atoms with Gasteiger partial charge in [0.2, 0.25) is 0 Å². The van der Waals surface area contributed by atoms with E-state index in [1.165, 1.54) is 0 Å². The smallest absolute Gasteiger partial charge is 0.0701 e. The van der Waals surface area contributed by atoms with Crippen molar-refractivity contribution in [1.82, 2.24) is 5.32 Å². The van der Waals surface area contributed by atoms with Crippen LogP contribution in [0.25, 0.3) is 0 Å². The van der Waals surface area contributed by atoms with Crippen molar-refractivity contribution in [3.63, 3.8) is 0 Å². The number of nitrogens with one attached hydrogen (secondary N) is 1. The van der Waals surface area contributed by atoms with Crippen LogP contribution in [0.15, 0.2) is 0 Å². The Kier molecular flexibility index (Phi) is 16.6. The summed E-state index contributed by atoms with van der Waals surface area (Å²) in [4.78, 5) is 0. The average Bonchev–Trinajstić information content (AvgIpc) is 2.43. The Morgan fingerprint density at radius 3 is 1.75 bits per heavy atom. The van der Waals surface area contributed by atoms with Gasteiger partial charge in [0, 0.05) is 25.8 Å². The van der Waals surface area contributed by atoms with E-state index in [0.29, 0.717) is 52.3 Å². The first-order valence-corrected chi connectivity index (χ1v) is 7.42. The number of aliphatic hydroxyl groups is 1. The molecule has 0 aliphatic rings. The standard InChI is InChI=1S/C14H31NO5/c1-14(2)15-4-8-19-12-10-17-6-3-7-18-11-13-20-9-5-16/h14-16H,3-13H2,1-2H3. The van der Waals surface area contributed by atoms with Gasteiger partial charge in [0.15, 0.2) is 0 Å². The minimum Gasteiger partial charge on any atom is -0.394 e. The van der Waals surface area contributed by atoms with Gasteiger partial charge in [-0.1, -0.05) is 13.8 Å². The normalized spacial score (nSPS) is 11.4. The highest BCUT2D eigenvalue weighted by Gasteiger charge is 1.94. The van der Waals surface area contributed by atoms with E-state index in [1.54, 1.807) is 0 Å². The van der Waals surface area contributed by atoms with Crippen molar-refractivity contribution in [2.75, 3.05) is 66.0 Å². The van der Waals surface area contributed by atoms with Gasteiger partial charge in [0.25, 0.3) is 0 Å². The number of hydrogen-bond donors (Lipinski definition) is 2. The molecule has 0 rings (SSSR count). The van der Waals surface area contributed by atoms with Gasteiger partial charge < -0.3 is 29.4 Å². The molecule has 0 aliphatic carbocycles. The van der Waals surface area contributed by atoms with Gasteiger partial charge in [-0.3, -0.25) is 0 Å². The van der Waals surface area contributed by atoms with Gasteiger partial charge >= 0.3 is 0 Å².